The molecule has 0 bridgehead atoms. The number of hydrogen-bond acceptors (Lipinski definition) is 6. The van der Waals surface area contributed by atoms with Gasteiger partial charge in [-0.1, -0.05) is 6.92 Å². The van der Waals surface area contributed by atoms with Crippen molar-refractivity contribution in [3.8, 4) is 6.07 Å². The van der Waals surface area contributed by atoms with Crippen molar-refractivity contribution in [3.05, 3.63) is 41.8 Å². The van der Waals surface area contributed by atoms with Gasteiger partial charge in [-0.05, 0) is 67.8 Å². The number of hydrogen-bond donors (Lipinski definition) is 3. The zero-order valence-electron chi connectivity index (χ0n) is 18.8. The van der Waals surface area contributed by atoms with Crippen LogP contribution in [0.3, 0.4) is 0 Å². The smallest absolute Gasteiger partial charge is 0.254 e. The first kappa shape index (κ1) is 23.2. The topological polar surface area (TPSA) is 120 Å². The highest BCUT2D eigenvalue weighted by Gasteiger charge is 2.37. The summed E-state index contributed by atoms with van der Waals surface area (Å²) in [5.74, 6) is 0.651. The van der Waals surface area contributed by atoms with Crippen LogP contribution in [0.1, 0.15) is 42.6 Å². The number of rotatable bonds is 8. The molecule has 2 fully saturated rings. The van der Waals surface area contributed by atoms with E-state index in [1.807, 2.05) is 0 Å². The van der Waals surface area contributed by atoms with Crippen molar-refractivity contribution < 1.29 is 14.3 Å². The van der Waals surface area contributed by atoms with Crippen molar-refractivity contribution in [2.45, 2.75) is 32.2 Å². The molecular weight excluding hydrogens is 423 g/mol. The summed E-state index contributed by atoms with van der Waals surface area (Å²) in [5, 5.41) is 26.7. The van der Waals surface area contributed by atoms with E-state index in [1.165, 1.54) is 12.1 Å². The number of carbonyl (C=O) groups is 1. The Kier molecular flexibility index (Phi) is 6.96. The molecule has 8 nitrogen and oxygen atoms in total. The van der Waals surface area contributed by atoms with Crippen molar-refractivity contribution >= 4 is 17.4 Å². The molecule has 0 spiro atoms. The molecule has 0 radical (unpaired) electrons. The maximum atomic E-state index is 13.2. The van der Waals surface area contributed by atoms with Gasteiger partial charge in [-0.25, -0.2) is 4.39 Å². The zero-order valence-corrected chi connectivity index (χ0v) is 18.8. The number of nitrogens with zero attached hydrogens (tertiary/aromatic N) is 4. The Balaban J connectivity index is 1.48. The van der Waals surface area contributed by atoms with Crippen molar-refractivity contribution in [1.82, 2.24) is 14.7 Å². The van der Waals surface area contributed by atoms with Crippen molar-refractivity contribution in [2.24, 2.45) is 29.4 Å². The van der Waals surface area contributed by atoms with Crippen LogP contribution >= 0.6 is 0 Å². The number of primary amides is 1. The van der Waals surface area contributed by atoms with E-state index >= 15 is 0 Å². The van der Waals surface area contributed by atoms with Gasteiger partial charge in [0.1, 0.15) is 11.4 Å². The minimum Gasteiger partial charge on any atom is -0.396 e. The number of nitriles is 1. The van der Waals surface area contributed by atoms with Gasteiger partial charge in [-0.15, -0.1) is 0 Å². The fourth-order valence-electron chi connectivity index (χ4n) is 5.00. The maximum absolute atomic E-state index is 13.2. The molecule has 1 aliphatic carbocycles. The molecule has 3 atom stereocenters. The number of halogens is 1. The van der Waals surface area contributed by atoms with Crippen LogP contribution in [0.25, 0.3) is 0 Å². The van der Waals surface area contributed by atoms with E-state index in [0.717, 1.165) is 32.4 Å². The average molecular weight is 455 g/mol. The molecule has 1 aromatic heterocycles. The number of benzene rings is 1. The van der Waals surface area contributed by atoms with Gasteiger partial charge in [0, 0.05) is 31.6 Å². The van der Waals surface area contributed by atoms with Gasteiger partial charge < -0.3 is 21.1 Å². The number of aliphatic hydroxyl groups excluding tert-OH is 1. The van der Waals surface area contributed by atoms with Gasteiger partial charge in [0.05, 0.1) is 18.0 Å². The van der Waals surface area contributed by atoms with Crippen LogP contribution in [0.5, 0.6) is 0 Å². The highest BCUT2D eigenvalue weighted by atomic mass is 19.1. The van der Waals surface area contributed by atoms with Gasteiger partial charge in [0.25, 0.3) is 5.91 Å². The molecule has 9 heteroatoms. The second-order valence-electron chi connectivity index (χ2n) is 9.48. The lowest BCUT2D eigenvalue weighted by molar-refractivity contribution is 0.0449. The number of piperidine rings is 1. The second-order valence-corrected chi connectivity index (χ2v) is 9.48. The number of aromatic nitrogens is 2. The SMILES string of the molecule is CC(CO)C1CC(CN2CCC(C#N)C(n3cc(C(N)=O)c(Nc4ccc(F)cc4)n3)C2)C1. The molecule has 33 heavy (non-hydrogen) atoms. The average Bonchev–Trinajstić information content (AvgIpc) is 3.21. The molecule has 2 aromatic rings. The molecule has 4 N–H and O–H groups in total. The molecule has 3 unspecified atom stereocenters. The Hall–Kier alpha value is -2.96. The summed E-state index contributed by atoms with van der Waals surface area (Å²) in [7, 11) is 0. The molecule has 2 heterocycles. The molecular formula is C24H31FN6O2. The lowest BCUT2D eigenvalue weighted by Crippen LogP contribution is -2.46. The maximum Gasteiger partial charge on any atom is 0.254 e. The molecule has 2 aliphatic rings. The summed E-state index contributed by atoms with van der Waals surface area (Å²) in [5.41, 5.74) is 6.40. The van der Waals surface area contributed by atoms with Gasteiger partial charge in [0.2, 0.25) is 0 Å². The number of carbonyl (C=O) groups excluding carboxylic acids is 1. The standard InChI is InChI=1S/C24H31FN6O2/c1-15(14-32)18-8-16(9-18)11-30-7-6-17(10-26)22(13-30)31-12-21(23(27)33)24(29-31)28-20-4-2-19(25)3-5-20/h2-5,12,15-18,22,32H,6-9,11,13-14H2,1H3,(H2,27,33)(H,28,29). The van der Waals surface area contributed by atoms with Crippen LogP contribution in [0.2, 0.25) is 0 Å². The van der Waals surface area contributed by atoms with E-state index in [2.05, 4.69) is 28.3 Å². The summed E-state index contributed by atoms with van der Waals surface area (Å²) in [6, 6.07) is 7.96. The minimum absolute atomic E-state index is 0.196. The summed E-state index contributed by atoms with van der Waals surface area (Å²) >= 11 is 0. The van der Waals surface area contributed by atoms with Crippen LogP contribution in [-0.2, 0) is 0 Å². The normalized spacial score (nSPS) is 26.2. The summed E-state index contributed by atoms with van der Waals surface area (Å²) in [6.07, 6.45) is 4.60. The first-order valence-corrected chi connectivity index (χ1v) is 11.5. The van der Waals surface area contributed by atoms with Crippen molar-refractivity contribution in [3.63, 3.8) is 0 Å². The fourth-order valence-corrected chi connectivity index (χ4v) is 5.00. The molecule has 1 saturated heterocycles. The number of amides is 1. The fraction of sp³-hybridized carbons (Fsp3) is 0.542. The Morgan fingerprint density at radius 3 is 2.76 bits per heavy atom. The van der Waals surface area contributed by atoms with Crippen LogP contribution in [0, 0.1) is 40.8 Å². The molecule has 1 saturated carbocycles. The van der Waals surface area contributed by atoms with Gasteiger partial charge >= 0.3 is 0 Å². The Morgan fingerprint density at radius 2 is 2.12 bits per heavy atom. The predicted molar refractivity (Wildman–Crippen MR) is 122 cm³/mol. The Morgan fingerprint density at radius 1 is 1.39 bits per heavy atom. The van der Waals surface area contributed by atoms with E-state index in [4.69, 9.17) is 5.73 Å². The van der Waals surface area contributed by atoms with Gasteiger partial charge in [-0.3, -0.25) is 9.48 Å². The summed E-state index contributed by atoms with van der Waals surface area (Å²) in [6.45, 7) is 4.83. The van der Waals surface area contributed by atoms with Gasteiger partial charge in [-0.2, -0.15) is 10.4 Å². The van der Waals surface area contributed by atoms with E-state index in [-0.39, 0.29) is 29.9 Å². The largest absolute Gasteiger partial charge is 0.396 e. The van der Waals surface area contributed by atoms with E-state index in [9.17, 15) is 19.6 Å². The van der Waals surface area contributed by atoms with Crippen LogP contribution in [-0.4, -0.2) is 51.9 Å². The first-order chi connectivity index (χ1) is 15.9. The van der Waals surface area contributed by atoms with Crippen LogP contribution in [0.4, 0.5) is 15.9 Å². The van der Waals surface area contributed by atoms with Crippen molar-refractivity contribution in [1.29, 1.82) is 5.26 Å². The molecule has 4 rings (SSSR count). The number of likely N-dealkylation sites (tertiary alicyclic amines) is 1. The summed E-state index contributed by atoms with van der Waals surface area (Å²) in [4.78, 5) is 14.4. The highest BCUT2D eigenvalue weighted by Crippen LogP contribution is 2.40. The van der Waals surface area contributed by atoms with Gasteiger partial charge in [0.15, 0.2) is 5.82 Å². The van der Waals surface area contributed by atoms with E-state index < -0.39 is 5.91 Å². The monoisotopic (exact) mass is 454 g/mol. The Labute approximate surface area is 193 Å². The number of nitrogens with one attached hydrogen (secondary N) is 1. The lowest BCUT2D eigenvalue weighted by Gasteiger charge is -2.43. The quantitative estimate of drug-likeness (QED) is 0.564. The Bertz CT molecular complexity index is 1010. The minimum atomic E-state index is -0.620. The molecule has 1 aliphatic heterocycles. The zero-order chi connectivity index (χ0) is 23.5. The second kappa shape index (κ2) is 9.89. The predicted octanol–water partition coefficient (Wildman–Crippen LogP) is 2.91. The molecule has 1 aromatic carbocycles. The lowest BCUT2D eigenvalue weighted by atomic mass is 9.69. The molecule has 1 amide bonds. The third-order valence-corrected chi connectivity index (χ3v) is 7.16. The summed E-state index contributed by atoms with van der Waals surface area (Å²) < 4.78 is 14.9. The van der Waals surface area contributed by atoms with E-state index in [1.54, 1.807) is 23.0 Å². The number of anilines is 2. The van der Waals surface area contributed by atoms with Crippen LogP contribution in [0.15, 0.2) is 30.5 Å². The first-order valence-electron chi connectivity index (χ1n) is 11.5. The third kappa shape index (κ3) is 5.18. The third-order valence-electron chi connectivity index (χ3n) is 7.16. The van der Waals surface area contributed by atoms with Crippen LogP contribution < -0.4 is 11.1 Å². The number of nitrogens with two attached hydrogens (primary N) is 1. The molecule has 176 valence electrons. The highest BCUT2D eigenvalue weighted by molar-refractivity contribution is 5.98. The number of aliphatic hydroxyl groups is 1. The van der Waals surface area contributed by atoms with Crippen molar-refractivity contribution in [2.75, 3.05) is 31.6 Å². The van der Waals surface area contributed by atoms with E-state index in [0.29, 0.717) is 35.8 Å².